The van der Waals surface area contributed by atoms with Gasteiger partial charge in [-0.25, -0.2) is 4.79 Å². The first-order valence-electron chi connectivity index (χ1n) is 6.23. The highest BCUT2D eigenvalue weighted by Gasteiger charge is 2.34. The average molecular weight is 242 g/mol. The second kappa shape index (κ2) is 6.80. The molecule has 0 amide bonds. The van der Waals surface area contributed by atoms with Gasteiger partial charge in [0.1, 0.15) is 0 Å². The topological polar surface area (TPSA) is 57.5 Å². The Bertz CT molecular complexity index is 256. The van der Waals surface area contributed by atoms with Crippen molar-refractivity contribution < 1.29 is 15.0 Å². The number of aliphatic carboxylic acids is 1. The molecular weight excluding hydrogens is 216 g/mol. The van der Waals surface area contributed by atoms with Gasteiger partial charge in [-0.2, -0.15) is 0 Å². The van der Waals surface area contributed by atoms with Gasteiger partial charge in [0.25, 0.3) is 0 Å². The molecule has 1 aliphatic carbocycles. The minimum Gasteiger partial charge on any atom is -0.478 e. The molecule has 0 spiro atoms. The maximum absolute atomic E-state index is 9.87. The summed E-state index contributed by atoms with van der Waals surface area (Å²) in [6.45, 7) is 11.9. The second-order valence-electron chi connectivity index (χ2n) is 5.92. The summed E-state index contributed by atoms with van der Waals surface area (Å²) in [7, 11) is 0. The molecule has 1 aliphatic rings. The summed E-state index contributed by atoms with van der Waals surface area (Å²) in [5, 5.41) is 17.5. The summed E-state index contributed by atoms with van der Waals surface area (Å²) in [4.78, 5) is 9.25. The van der Waals surface area contributed by atoms with Crippen LogP contribution in [0.3, 0.4) is 0 Å². The summed E-state index contributed by atoms with van der Waals surface area (Å²) in [6, 6.07) is 0. The molecule has 2 N–H and O–H groups in total. The van der Waals surface area contributed by atoms with Gasteiger partial charge in [0, 0.05) is 6.08 Å². The Balaban J connectivity index is 0.000000437. The molecule has 0 bridgehead atoms. The van der Waals surface area contributed by atoms with Crippen LogP contribution in [0.4, 0.5) is 0 Å². The fraction of sp³-hybridized carbons (Fsp3) is 0.786. The quantitative estimate of drug-likeness (QED) is 0.732. The summed E-state index contributed by atoms with van der Waals surface area (Å²) in [6.07, 6.45) is 4.22. The van der Waals surface area contributed by atoms with Gasteiger partial charge in [-0.05, 0) is 36.5 Å². The summed E-state index contributed by atoms with van der Waals surface area (Å²) in [5.74, 6) is 0.194. The van der Waals surface area contributed by atoms with Crippen LogP contribution in [0.2, 0.25) is 0 Å². The molecule has 100 valence electrons. The Hall–Kier alpha value is -0.830. The molecular formula is C14H26O3. The van der Waals surface area contributed by atoms with Crippen LogP contribution in [-0.2, 0) is 4.79 Å². The molecule has 0 aromatic carbocycles. The van der Waals surface area contributed by atoms with E-state index in [-0.39, 0.29) is 6.10 Å². The molecule has 0 saturated heterocycles. The van der Waals surface area contributed by atoms with Gasteiger partial charge in [0.15, 0.2) is 0 Å². The lowest BCUT2D eigenvalue weighted by Crippen LogP contribution is -2.36. The Labute approximate surface area is 105 Å². The molecule has 3 nitrogen and oxygen atoms in total. The maximum atomic E-state index is 9.87. The zero-order chi connectivity index (χ0) is 13.6. The summed E-state index contributed by atoms with van der Waals surface area (Å²) >= 11 is 0. The molecule has 0 heterocycles. The Morgan fingerprint density at radius 1 is 1.47 bits per heavy atom. The number of hydrogen-bond acceptors (Lipinski definition) is 2. The lowest BCUT2D eigenvalue weighted by molar-refractivity contribution is -0.131. The predicted molar refractivity (Wildman–Crippen MR) is 69.8 cm³/mol. The lowest BCUT2D eigenvalue weighted by atomic mass is 9.68. The number of rotatable bonds is 2. The van der Waals surface area contributed by atoms with Crippen LogP contribution < -0.4 is 0 Å². The van der Waals surface area contributed by atoms with Crippen LogP contribution in [0, 0.1) is 17.3 Å². The molecule has 0 aromatic rings. The molecule has 2 atom stereocenters. The fourth-order valence-electron chi connectivity index (χ4n) is 2.35. The van der Waals surface area contributed by atoms with Crippen LogP contribution in [-0.4, -0.2) is 22.3 Å². The minimum absolute atomic E-state index is 0.0613. The number of aliphatic hydroxyl groups excluding tert-OH is 1. The first-order chi connectivity index (χ1) is 7.69. The number of carbonyl (C=O) groups is 1. The molecule has 1 rings (SSSR count). The summed E-state index contributed by atoms with van der Waals surface area (Å²) < 4.78 is 0. The van der Waals surface area contributed by atoms with Gasteiger partial charge in [-0.3, -0.25) is 0 Å². The molecule has 2 unspecified atom stereocenters. The van der Waals surface area contributed by atoms with Crippen molar-refractivity contribution in [3.8, 4) is 0 Å². The fourth-order valence-corrected chi connectivity index (χ4v) is 2.35. The number of hydrogen-bond donors (Lipinski definition) is 2. The maximum Gasteiger partial charge on any atom is 0.327 e. The van der Waals surface area contributed by atoms with Gasteiger partial charge in [0.05, 0.1) is 6.10 Å². The van der Waals surface area contributed by atoms with E-state index in [1.54, 1.807) is 0 Å². The average Bonchev–Trinajstić information content (AvgIpc) is 2.16. The van der Waals surface area contributed by atoms with Crippen molar-refractivity contribution >= 4 is 5.97 Å². The van der Waals surface area contributed by atoms with Crippen LogP contribution in [0.5, 0.6) is 0 Å². The highest BCUT2D eigenvalue weighted by atomic mass is 16.4. The number of carboxylic acid groups (broad SMARTS) is 1. The van der Waals surface area contributed by atoms with Gasteiger partial charge < -0.3 is 10.2 Å². The van der Waals surface area contributed by atoms with Gasteiger partial charge >= 0.3 is 5.97 Å². The molecule has 17 heavy (non-hydrogen) atoms. The van der Waals surface area contributed by atoms with Crippen LogP contribution in [0.1, 0.15) is 47.0 Å². The van der Waals surface area contributed by atoms with Crippen molar-refractivity contribution in [3.63, 3.8) is 0 Å². The number of carboxylic acids is 1. The van der Waals surface area contributed by atoms with E-state index in [1.807, 2.05) is 0 Å². The van der Waals surface area contributed by atoms with E-state index >= 15 is 0 Å². The Morgan fingerprint density at radius 3 is 2.24 bits per heavy atom. The normalized spacial score (nSPS) is 26.9. The monoisotopic (exact) mass is 242 g/mol. The van der Waals surface area contributed by atoms with E-state index < -0.39 is 5.97 Å². The molecule has 0 aromatic heterocycles. The molecule has 0 radical (unpaired) electrons. The smallest absolute Gasteiger partial charge is 0.327 e. The minimum atomic E-state index is -0.981. The standard InChI is InChI=1S/C11H22O.C3H4O2/c1-8(2)9-5-6-11(3,4)7-10(9)12;1-2-3(4)5/h8-10,12H,5-7H2,1-4H3;2H,1H2,(H,4,5). The van der Waals surface area contributed by atoms with E-state index in [0.717, 1.165) is 12.5 Å². The van der Waals surface area contributed by atoms with Gasteiger partial charge in [0.2, 0.25) is 0 Å². The van der Waals surface area contributed by atoms with Gasteiger partial charge in [-0.15, -0.1) is 0 Å². The zero-order valence-electron chi connectivity index (χ0n) is 11.4. The van der Waals surface area contributed by atoms with Crippen molar-refractivity contribution in [1.29, 1.82) is 0 Å². The van der Waals surface area contributed by atoms with Crippen molar-refractivity contribution in [2.24, 2.45) is 17.3 Å². The number of aliphatic hydroxyl groups is 1. The van der Waals surface area contributed by atoms with Crippen LogP contribution in [0.15, 0.2) is 12.7 Å². The first kappa shape index (κ1) is 16.2. The third kappa shape index (κ3) is 6.47. The Morgan fingerprint density at radius 2 is 1.94 bits per heavy atom. The van der Waals surface area contributed by atoms with Crippen molar-refractivity contribution in [2.75, 3.05) is 0 Å². The second-order valence-corrected chi connectivity index (χ2v) is 5.92. The van der Waals surface area contributed by atoms with E-state index in [4.69, 9.17) is 5.11 Å². The predicted octanol–water partition coefficient (Wildman–Crippen LogP) is 3.09. The third-order valence-electron chi connectivity index (χ3n) is 3.44. The highest BCUT2D eigenvalue weighted by Crippen LogP contribution is 2.40. The highest BCUT2D eigenvalue weighted by molar-refractivity contribution is 5.78. The first-order valence-corrected chi connectivity index (χ1v) is 6.23. The van der Waals surface area contributed by atoms with Gasteiger partial charge in [-0.1, -0.05) is 34.3 Å². The largest absolute Gasteiger partial charge is 0.478 e. The third-order valence-corrected chi connectivity index (χ3v) is 3.44. The Kier molecular flexibility index (Phi) is 6.46. The molecule has 3 heteroatoms. The molecule has 1 fully saturated rings. The van der Waals surface area contributed by atoms with E-state index in [0.29, 0.717) is 17.3 Å². The lowest BCUT2D eigenvalue weighted by Gasteiger charge is -2.40. The van der Waals surface area contributed by atoms with E-state index in [2.05, 4.69) is 34.3 Å². The SMILES string of the molecule is C=CC(=O)O.CC(C)C1CCC(C)(C)CC1O. The molecule has 0 aliphatic heterocycles. The zero-order valence-corrected chi connectivity index (χ0v) is 11.4. The van der Waals surface area contributed by atoms with Crippen molar-refractivity contribution in [3.05, 3.63) is 12.7 Å². The van der Waals surface area contributed by atoms with Crippen LogP contribution >= 0.6 is 0 Å². The van der Waals surface area contributed by atoms with E-state index in [1.165, 1.54) is 12.8 Å². The molecule has 1 saturated carbocycles. The van der Waals surface area contributed by atoms with E-state index in [9.17, 15) is 9.90 Å². The summed E-state index contributed by atoms with van der Waals surface area (Å²) in [5.41, 5.74) is 0.366. The van der Waals surface area contributed by atoms with Crippen molar-refractivity contribution in [2.45, 2.75) is 53.1 Å². The van der Waals surface area contributed by atoms with Crippen LogP contribution in [0.25, 0.3) is 0 Å². The van der Waals surface area contributed by atoms with Crippen molar-refractivity contribution in [1.82, 2.24) is 0 Å².